The summed E-state index contributed by atoms with van der Waals surface area (Å²) in [6, 6.07) is 4.60. The first-order valence-electron chi connectivity index (χ1n) is 7.70. The van der Waals surface area contributed by atoms with E-state index in [4.69, 9.17) is 4.98 Å². The van der Waals surface area contributed by atoms with Gasteiger partial charge in [-0.05, 0) is 43.4 Å². The predicted molar refractivity (Wildman–Crippen MR) is 84.1 cm³/mol. The van der Waals surface area contributed by atoms with Crippen LogP contribution in [0.15, 0.2) is 12.1 Å². The molecule has 2 atom stereocenters. The number of rotatable bonds is 2. The van der Waals surface area contributed by atoms with E-state index in [0.29, 0.717) is 12.0 Å². The Kier molecular flexibility index (Phi) is 4.38. The van der Waals surface area contributed by atoms with Crippen LogP contribution >= 0.6 is 0 Å². The van der Waals surface area contributed by atoms with Gasteiger partial charge in [-0.25, -0.2) is 4.98 Å². The second-order valence-electron chi connectivity index (χ2n) is 7.31. The molecular formula is C17H28N2O. The van der Waals surface area contributed by atoms with Crippen LogP contribution in [-0.2, 0) is 12.0 Å². The van der Waals surface area contributed by atoms with E-state index in [9.17, 15) is 5.11 Å². The Hall–Kier alpha value is -1.09. The molecule has 0 aromatic carbocycles. The van der Waals surface area contributed by atoms with E-state index in [1.165, 1.54) is 12.8 Å². The average Bonchev–Trinajstić information content (AvgIpc) is 2.40. The lowest BCUT2D eigenvalue weighted by molar-refractivity contribution is 0.281. The van der Waals surface area contributed by atoms with Gasteiger partial charge in [-0.3, -0.25) is 0 Å². The second-order valence-corrected chi connectivity index (χ2v) is 7.31. The lowest BCUT2D eigenvalue weighted by Crippen LogP contribution is -2.41. The summed E-state index contributed by atoms with van der Waals surface area (Å²) in [5.41, 5.74) is 2.03. The van der Waals surface area contributed by atoms with Crippen LogP contribution in [-0.4, -0.2) is 22.7 Å². The van der Waals surface area contributed by atoms with Crippen LogP contribution in [0.25, 0.3) is 0 Å². The largest absolute Gasteiger partial charge is 0.392 e. The highest BCUT2D eigenvalue weighted by Crippen LogP contribution is 2.30. The molecule has 1 aromatic heterocycles. The molecule has 112 valence electrons. The van der Waals surface area contributed by atoms with Gasteiger partial charge >= 0.3 is 0 Å². The number of nitrogens with zero attached hydrogens (tertiary/aromatic N) is 2. The summed E-state index contributed by atoms with van der Waals surface area (Å²) in [6.45, 7) is 12.2. The van der Waals surface area contributed by atoms with E-state index in [1.807, 2.05) is 12.1 Å². The summed E-state index contributed by atoms with van der Waals surface area (Å²) in [7, 11) is 0. The van der Waals surface area contributed by atoms with Crippen molar-refractivity contribution in [2.45, 2.75) is 65.5 Å². The van der Waals surface area contributed by atoms with Gasteiger partial charge in [-0.15, -0.1) is 0 Å². The van der Waals surface area contributed by atoms with Crippen molar-refractivity contribution in [2.24, 2.45) is 5.92 Å². The molecule has 0 spiro atoms. The monoisotopic (exact) mass is 276 g/mol. The van der Waals surface area contributed by atoms with Gasteiger partial charge in [0.05, 0.1) is 6.61 Å². The van der Waals surface area contributed by atoms with Crippen molar-refractivity contribution in [2.75, 3.05) is 11.4 Å². The Balaban J connectivity index is 2.39. The fourth-order valence-electron chi connectivity index (χ4n) is 2.80. The lowest BCUT2D eigenvalue weighted by atomic mass is 9.90. The standard InChI is InChI=1S/C17H28N2O/c1-12-6-7-13(2)19(10-12)16-9-14(11-20)8-15(18-16)17(3,4)5/h8-9,12-13,20H,6-7,10-11H2,1-5H3. The maximum absolute atomic E-state index is 9.52. The van der Waals surface area contributed by atoms with E-state index in [-0.39, 0.29) is 12.0 Å². The molecule has 1 saturated heterocycles. The van der Waals surface area contributed by atoms with E-state index in [1.54, 1.807) is 0 Å². The van der Waals surface area contributed by atoms with Crippen molar-refractivity contribution in [1.82, 2.24) is 4.98 Å². The zero-order valence-electron chi connectivity index (χ0n) is 13.5. The normalized spacial score (nSPS) is 24.0. The quantitative estimate of drug-likeness (QED) is 0.898. The van der Waals surface area contributed by atoms with Gasteiger partial charge in [0.25, 0.3) is 0 Å². The van der Waals surface area contributed by atoms with Crippen LogP contribution in [0.4, 0.5) is 5.82 Å². The summed E-state index contributed by atoms with van der Waals surface area (Å²) >= 11 is 0. The minimum absolute atomic E-state index is 0.00453. The molecule has 20 heavy (non-hydrogen) atoms. The van der Waals surface area contributed by atoms with Crippen molar-refractivity contribution >= 4 is 5.82 Å². The van der Waals surface area contributed by atoms with Crippen LogP contribution in [0, 0.1) is 5.92 Å². The Bertz CT molecular complexity index is 465. The Labute approximate surface area is 123 Å². The van der Waals surface area contributed by atoms with Crippen LogP contribution in [0.2, 0.25) is 0 Å². The molecular weight excluding hydrogens is 248 g/mol. The summed E-state index contributed by atoms with van der Waals surface area (Å²) in [5, 5.41) is 9.52. The maximum Gasteiger partial charge on any atom is 0.129 e. The number of hydrogen-bond acceptors (Lipinski definition) is 3. The van der Waals surface area contributed by atoms with Crippen molar-refractivity contribution < 1.29 is 5.11 Å². The van der Waals surface area contributed by atoms with Crippen molar-refractivity contribution in [1.29, 1.82) is 0 Å². The van der Waals surface area contributed by atoms with Crippen molar-refractivity contribution in [3.05, 3.63) is 23.4 Å². The third kappa shape index (κ3) is 3.32. The maximum atomic E-state index is 9.52. The SMILES string of the molecule is CC1CCC(C)N(c2cc(CO)cc(C(C)(C)C)n2)C1. The predicted octanol–water partition coefficient (Wildman–Crippen LogP) is 3.50. The van der Waals surface area contributed by atoms with E-state index in [0.717, 1.165) is 23.6 Å². The highest BCUT2D eigenvalue weighted by Gasteiger charge is 2.26. The fraction of sp³-hybridized carbons (Fsp3) is 0.706. The van der Waals surface area contributed by atoms with E-state index in [2.05, 4.69) is 39.5 Å². The van der Waals surface area contributed by atoms with Crippen LogP contribution in [0.5, 0.6) is 0 Å². The summed E-state index contributed by atoms with van der Waals surface area (Å²) in [4.78, 5) is 7.28. The number of hydrogen-bond donors (Lipinski definition) is 1. The summed E-state index contributed by atoms with van der Waals surface area (Å²) < 4.78 is 0. The first-order valence-corrected chi connectivity index (χ1v) is 7.70. The van der Waals surface area contributed by atoms with Gasteiger partial charge in [-0.1, -0.05) is 27.7 Å². The van der Waals surface area contributed by atoms with E-state index < -0.39 is 0 Å². The Morgan fingerprint density at radius 2 is 1.95 bits per heavy atom. The van der Waals surface area contributed by atoms with Gasteiger partial charge in [0.2, 0.25) is 0 Å². The van der Waals surface area contributed by atoms with E-state index >= 15 is 0 Å². The summed E-state index contributed by atoms with van der Waals surface area (Å²) in [5.74, 6) is 1.74. The van der Waals surface area contributed by atoms with Gasteiger partial charge in [0, 0.05) is 23.7 Å². The average molecular weight is 276 g/mol. The lowest BCUT2D eigenvalue weighted by Gasteiger charge is -2.38. The number of anilines is 1. The molecule has 3 nitrogen and oxygen atoms in total. The molecule has 0 radical (unpaired) electrons. The van der Waals surface area contributed by atoms with Crippen LogP contribution in [0.1, 0.15) is 58.7 Å². The molecule has 1 aliphatic heterocycles. The molecule has 0 amide bonds. The third-order valence-corrected chi connectivity index (χ3v) is 4.23. The molecule has 1 aromatic rings. The van der Waals surface area contributed by atoms with Crippen molar-refractivity contribution in [3.63, 3.8) is 0 Å². The first-order chi connectivity index (χ1) is 9.31. The highest BCUT2D eigenvalue weighted by atomic mass is 16.3. The fourth-order valence-corrected chi connectivity index (χ4v) is 2.80. The highest BCUT2D eigenvalue weighted by molar-refractivity contribution is 5.45. The molecule has 3 heteroatoms. The molecule has 1 aliphatic rings. The molecule has 2 unspecified atom stereocenters. The number of aliphatic hydroxyl groups excluding tert-OH is 1. The van der Waals surface area contributed by atoms with Crippen molar-refractivity contribution in [3.8, 4) is 0 Å². The number of pyridine rings is 1. The number of aromatic nitrogens is 1. The topological polar surface area (TPSA) is 36.4 Å². The summed E-state index contributed by atoms with van der Waals surface area (Å²) in [6.07, 6.45) is 2.51. The molecule has 1 fully saturated rings. The Morgan fingerprint density at radius 1 is 1.25 bits per heavy atom. The zero-order chi connectivity index (χ0) is 14.9. The molecule has 1 N–H and O–H groups in total. The minimum Gasteiger partial charge on any atom is -0.392 e. The third-order valence-electron chi connectivity index (χ3n) is 4.23. The molecule has 0 aliphatic carbocycles. The molecule has 0 bridgehead atoms. The second kappa shape index (κ2) is 5.72. The van der Waals surface area contributed by atoms with Gasteiger partial charge in [-0.2, -0.15) is 0 Å². The zero-order valence-corrected chi connectivity index (χ0v) is 13.5. The number of aliphatic hydroxyl groups is 1. The molecule has 2 heterocycles. The Morgan fingerprint density at radius 3 is 2.55 bits per heavy atom. The molecule has 2 rings (SSSR count). The smallest absolute Gasteiger partial charge is 0.129 e. The minimum atomic E-state index is 0.00453. The van der Waals surface area contributed by atoms with Gasteiger partial charge in [0.1, 0.15) is 5.82 Å². The van der Waals surface area contributed by atoms with Crippen LogP contribution in [0.3, 0.4) is 0 Å². The van der Waals surface area contributed by atoms with Crippen LogP contribution < -0.4 is 4.90 Å². The number of piperidine rings is 1. The first kappa shape index (κ1) is 15.3. The molecule has 0 saturated carbocycles. The van der Waals surface area contributed by atoms with Gasteiger partial charge in [0.15, 0.2) is 0 Å². The van der Waals surface area contributed by atoms with Gasteiger partial charge < -0.3 is 10.0 Å².